The molecule has 1 saturated carbocycles. The lowest BCUT2D eigenvalue weighted by atomic mass is 10.2. The minimum absolute atomic E-state index is 0.137. The van der Waals surface area contributed by atoms with Gasteiger partial charge in [0.2, 0.25) is 0 Å². The van der Waals surface area contributed by atoms with Crippen LogP contribution in [0.5, 0.6) is 0 Å². The predicted molar refractivity (Wildman–Crippen MR) is 103 cm³/mol. The number of hydrogen-bond donors (Lipinski definition) is 0. The average Bonchev–Trinajstić information content (AvgIpc) is 3.30. The third kappa shape index (κ3) is 3.74. The second-order valence-electron chi connectivity index (χ2n) is 7.03. The Morgan fingerprint density at radius 3 is 2.73 bits per heavy atom. The van der Waals surface area contributed by atoms with Gasteiger partial charge in [-0.05, 0) is 46.6 Å². The fraction of sp³-hybridized carbons (Fsp3) is 0.632. The maximum Gasteiger partial charge on any atom is 0.191 e. The second kappa shape index (κ2) is 7.96. The van der Waals surface area contributed by atoms with E-state index in [-0.39, 0.29) is 11.8 Å². The van der Waals surface area contributed by atoms with Gasteiger partial charge in [0, 0.05) is 36.5 Å². The van der Waals surface area contributed by atoms with Crippen LogP contribution in [0.2, 0.25) is 0 Å². The van der Waals surface area contributed by atoms with Gasteiger partial charge in [-0.15, -0.1) is 10.2 Å². The van der Waals surface area contributed by atoms with Gasteiger partial charge in [-0.25, -0.2) is 0 Å². The maximum atomic E-state index is 12.8. The first kappa shape index (κ1) is 19.2. The molecule has 1 fully saturated rings. The molecule has 0 radical (unpaired) electrons. The monoisotopic (exact) mass is 376 g/mol. The van der Waals surface area contributed by atoms with E-state index in [0.29, 0.717) is 18.3 Å². The number of Topliss-reactive ketones (excluding diaryl/α,β-unsaturated/α-hetero) is 1. The number of aromatic nitrogens is 4. The van der Waals surface area contributed by atoms with E-state index in [1.165, 1.54) is 24.6 Å². The molecule has 0 aromatic carbocycles. The second-order valence-corrected chi connectivity index (χ2v) is 7.97. The third-order valence-electron chi connectivity index (χ3n) is 4.97. The van der Waals surface area contributed by atoms with Crippen molar-refractivity contribution in [3.8, 4) is 0 Å². The largest absolute Gasteiger partial charge is 0.383 e. The molecule has 142 valence electrons. The van der Waals surface area contributed by atoms with Crippen molar-refractivity contribution in [2.45, 2.75) is 64.2 Å². The summed E-state index contributed by atoms with van der Waals surface area (Å²) >= 11 is 1.49. The highest BCUT2D eigenvalue weighted by atomic mass is 32.2. The van der Waals surface area contributed by atoms with Gasteiger partial charge in [-0.1, -0.05) is 11.8 Å². The molecule has 0 bridgehead atoms. The van der Waals surface area contributed by atoms with Crippen molar-refractivity contribution in [3.05, 3.63) is 28.8 Å². The topological polar surface area (TPSA) is 61.9 Å². The normalized spacial score (nSPS) is 15.4. The van der Waals surface area contributed by atoms with Crippen LogP contribution in [-0.4, -0.2) is 44.6 Å². The molecule has 26 heavy (non-hydrogen) atoms. The van der Waals surface area contributed by atoms with E-state index in [0.717, 1.165) is 34.5 Å². The first-order chi connectivity index (χ1) is 12.5. The van der Waals surface area contributed by atoms with Crippen LogP contribution in [-0.2, 0) is 11.3 Å². The van der Waals surface area contributed by atoms with E-state index in [1.54, 1.807) is 7.11 Å². The fourth-order valence-electron chi connectivity index (χ4n) is 3.61. The molecule has 2 heterocycles. The van der Waals surface area contributed by atoms with Gasteiger partial charge in [-0.3, -0.25) is 4.79 Å². The minimum atomic E-state index is 0.137. The SMILES string of the molecule is CCn1c(SCC(=O)c2cc(C)n(C(C)COC)c2C)nnc1C1CC1. The van der Waals surface area contributed by atoms with Crippen molar-refractivity contribution in [2.24, 2.45) is 0 Å². The fourth-order valence-corrected chi connectivity index (χ4v) is 4.50. The van der Waals surface area contributed by atoms with Gasteiger partial charge in [0.25, 0.3) is 0 Å². The van der Waals surface area contributed by atoms with Gasteiger partial charge in [0.05, 0.1) is 18.4 Å². The van der Waals surface area contributed by atoms with Crippen molar-refractivity contribution >= 4 is 17.5 Å². The Morgan fingerprint density at radius 2 is 2.12 bits per heavy atom. The molecule has 0 amide bonds. The van der Waals surface area contributed by atoms with Gasteiger partial charge in [-0.2, -0.15) is 0 Å². The van der Waals surface area contributed by atoms with Crippen LogP contribution in [0.15, 0.2) is 11.2 Å². The summed E-state index contributed by atoms with van der Waals surface area (Å²) in [5.74, 6) is 2.16. The zero-order valence-electron chi connectivity index (χ0n) is 16.3. The third-order valence-corrected chi connectivity index (χ3v) is 5.94. The lowest BCUT2D eigenvalue weighted by Crippen LogP contribution is -2.15. The molecular weight excluding hydrogens is 348 g/mol. The summed E-state index contributed by atoms with van der Waals surface area (Å²) in [6, 6.07) is 2.20. The average molecular weight is 377 g/mol. The number of methoxy groups -OCH3 is 1. The van der Waals surface area contributed by atoms with Crippen molar-refractivity contribution in [3.63, 3.8) is 0 Å². The summed E-state index contributed by atoms with van der Waals surface area (Å²) in [6.45, 7) is 9.73. The number of thioether (sulfide) groups is 1. The zero-order valence-corrected chi connectivity index (χ0v) is 17.1. The number of ether oxygens (including phenoxy) is 1. The molecule has 1 aliphatic carbocycles. The molecule has 1 unspecified atom stereocenters. The highest BCUT2D eigenvalue weighted by Crippen LogP contribution is 2.40. The number of nitrogens with zero attached hydrogens (tertiary/aromatic N) is 4. The number of carbonyl (C=O) groups is 1. The number of rotatable bonds is 9. The molecule has 0 N–H and O–H groups in total. The first-order valence-electron chi connectivity index (χ1n) is 9.24. The van der Waals surface area contributed by atoms with E-state index < -0.39 is 0 Å². The summed E-state index contributed by atoms with van der Waals surface area (Å²) in [7, 11) is 1.70. The Kier molecular flexibility index (Phi) is 5.87. The van der Waals surface area contributed by atoms with Crippen LogP contribution in [0.25, 0.3) is 0 Å². The molecule has 2 aromatic heterocycles. The molecule has 6 nitrogen and oxygen atoms in total. The molecule has 0 saturated heterocycles. The lowest BCUT2D eigenvalue weighted by Gasteiger charge is -2.17. The smallest absolute Gasteiger partial charge is 0.191 e. The van der Waals surface area contributed by atoms with Crippen LogP contribution in [0.3, 0.4) is 0 Å². The number of ketones is 1. The highest BCUT2D eigenvalue weighted by molar-refractivity contribution is 7.99. The summed E-state index contributed by atoms with van der Waals surface area (Å²) in [6.07, 6.45) is 2.40. The lowest BCUT2D eigenvalue weighted by molar-refractivity contribution is 0.102. The Hall–Kier alpha value is -1.60. The molecule has 0 spiro atoms. The quantitative estimate of drug-likeness (QED) is 0.492. The number of aryl methyl sites for hydroxylation is 1. The van der Waals surface area contributed by atoms with Crippen LogP contribution < -0.4 is 0 Å². The Balaban J connectivity index is 1.72. The molecule has 1 aliphatic rings. The molecule has 1 atom stereocenters. The van der Waals surface area contributed by atoms with Crippen LogP contribution in [0.1, 0.15) is 66.2 Å². The van der Waals surface area contributed by atoms with E-state index in [4.69, 9.17) is 4.74 Å². The molecule has 2 aromatic rings. The van der Waals surface area contributed by atoms with Crippen LogP contribution >= 0.6 is 11.8 Å². The van der Waals surface area contributed by atoms with E-state index >= 15 is 0 Å². The van der Waals surface area contributed by atoms with E-state index in [2.05, 4.69) is 33.2 Å². The van der Waals surface area contributed by atoms with Crippen molar-refractivity contribution in [2.75, 3.05) is 19.5 Å². The van der Waals surface area contributed by atoms with Crippen LogP contribution in [0.4, 0.5) is 0 Å². The van der Waals surface area contributed by atoms with E-state index in [1.807, 2.05) is 19.9 Å². The van der Waals surface area contributed by atoms with Gasteiger partial charge >= 0.3 is 0 Å². The van der Waals surface area contributed by atoms with Gasteiger partial charge < -0.3 is 13.9 Å². The van der Waals surface area contributed by atoms with Crippen molar-refractivity contribution in [1.82, 2.24) is 19.3 Å². The Morgan fingerprint density at radius 1 is 1.38 bits per heavy atom. The summed E-state index contributed by atoms with van der Waals surface area (Å²) in [5.41, 5.74) is 2.89. The van der Waals surface area contributed by atoms with Gasteiger partial charge in [0.15, 0.2) is 10.9 Å². The summed E-state index contributed by atoms with van der Waals surface area (Å²) in [5, 5.41) is 9.51. The first-order valence-corrected chi connectivity index (χ1v) is 10.2. The van der Waals surface area contributed by atoms with Crippen molar-refractivity contribution in [1.29, 1.82) is 0 Å². The highest BCUT2D eigenvalue weighted by Gasteiger charge is 2.30. The molecule has 3 rings (SSSR count). The van der Waals surface area contributed by atoms with Crippen molar-refractivity contribution < 1.29 is 9.53 Å². The number of carbonyl (C=O) groups excluding carboxylic acids is 1. The minimum Gasteiger partial charge on any atom is -0.383 e. The van der Waals surface area contributed by atoms with E-state index in [9.17, 15) is 4.79 Å². The maximum absolute atomic E-state index is 12.8. The predicted octanol–water partition coefficient (Wildman–Crippen LogP) is 3.78. The van der Waals surface area contributed by atoms with Crippen LogP contribution in [0, 0.1) is 13.8 Å². The summed E-state index contributed by atoms with van der Waals surface area (Å²) in [4.78, 5) is 12.8. The standard InChI is InChI=1S/C19H28N4O2S/c1-6-22-18(15-7-8-15)20-21-19(22)26-11-17(24)16-9-12(2)23(14(16)4)13(3)10-25-5/h9,13,15H,6-8,10-11H2,1-5H3. The Labute approximate surface area is 159 Å². The zero-order chi connectivity index (χ0) is 18.8. The summed E-state index contributed by atoms with van der Waals surface area (Å²) < 4.78 is 9.60. The molecule has 0 aliphatic heterocycles. The molecule has 7 heteroatoms. The Bertz CT molecular complexity index is 792. The molecular formula is C19H28N4O2S. The number of hydrogen-bond acceptors (Lipinski definition) is 5. The van der Waals surface area contributed by atoms with Gasteiger partial charge in [0.1, 0.15) is 5.82 Å².